The lowest BCUT2D eigenvalue weighted by molar-refractivity contribution is 0.0943. The van der Waals surface area contributed by atoms with Crippen molar-refractivity contribution in [3.63, 3.8) is 0 Å². The number of carbonyl (C=O) groups is 1. The Morgan fingerprint density at radius 2 is 1.52 bits per heavy atom. The maximum Gasteiger partial charge on any atom is 0.252 e. The fraction of sp³-hybridized carbons (Fsp3) is 0.174. The van der Waals surface area contributed by atoms with Crippen LogP contribution in [-0.2, 0) is 10.0 Å². The zero-order chi connectivity index (χ0) is 21.0. The Balaban J connectivity index is 1.91. The summed E-state index contributed by atoms with van der Waals surface area (Å²) in [6.07, 6.45) is 1.10. The van der Waals surface area contributed by atoms with Gasteiger partial charge in [0.1, 0.15) is 0 Å². The van der Waals surface area contributed by atoms with E-state index in [1.165, 1.54) is 0 Å². The SMILES string of the molecule is Cc1cc(C(=O)N[C@H](c2ccccc2)c2ccccc2C)ccc1NS(C)(=O)=O. The Morgan fingerprint density at radius 1 is 0.862 bits per heavy atom. The summed E-state index contributed by atoms with van der Waals surface area (Å²) in [4.78, 5) is 13.0. The van der Waals surface area contributed by atoms with Gasteiger partial charge in [-0.25, -0.2) is 8.42 Å². The average Bonchev–Trinajstić information content (AvgIpc) is 2.68. The largest absolute Gasteiger partial charge is 0.341 e. The zero-order valence-corrected chi connectivity index (χ0v) is 17.5. The smallest absolute Gasteiger partial charge is 0.252 e. The Labute approximate surface area is 171 Å². The summed E-state index contributed by atoms with van der Waals surface area (Å²) in [6.45, 7) is 3.79. The van der Waals surface area contributed by atoms with E-state index in [4.69, 9.17) is 0 Å². The topological polar surface area (TPSA) is 75.3 Å². The van der Waals surface area contributed by atoms with Gasteiger partial charge in [0.2, 0.25) is 10.0 Å². The molecule has 0 saturated heterocycles. The second-order valence-corrected chi connectivity index (χ2v) is 8.83. The van der Waals surface area contributed by atoms with Gasteiger partial charge < -0.3 is 5.32 Å². The minimum absolute atomic E-state index is 0.226. The van der Waals surface area contributed by atoms with E-state index in [1.807, 2.05) is 61.5 Å². The van der Waals surface area contributed by atoms with Gasteiger partial charge in [0, 0.05) is 5.56 Å². The molecule has 0 aromatic heterocycles. The van der Waals surface area contributed by atoms with E-state index in [0.29, 0.717) is 16.8 Å². The van der Waals surface area contributed by atoms with Gasteiger partial charge in [-0.1, -0.05) is 54.6 Å². The molecule has 0 aliphatic carbocycles. The van der Waals surface area contributed by atoms with Gasteiger partial charge in [-0.15, -0.1) is 0 Å². The fourth-order valence-corrected chi connectivity index (χ4v) is 3.86. The third kappa shape index (κ3) is 5.23. The maximum absolute atomic E-state index is 13.0. The predicted molar refractivity (Wildman–Crippen MR) is 117 cm³/mol. The number of sulfonamides is 1. The van der Waals surface area contributed by atoms with Crippen LogP contribution >= 0.6 is 0 Å². The van der Waals surface area contributed by atoms with Crippen molar-refractivity contribution in [3.8, 4) is 0 Å². The first-order valence-corrected chi connectivity index (χ1v) is 11.1. The van der Waals surface area contributed by atoms with Crippen LogP contribution in [0, 0.1) is 13.8 Å². The number of rotatable bonds is 6. The number of nitrogens with one attached hydrogen (secondary N) is 2. The van der Waals surface area contributed by atoms with Crippen LogP contribution in [0.25, 0.3) is 0 Å². The van der Waals surface area contributed by atoms with Crippen LogP contribution in [0.2, 0.25) is 0 Å². The molecule has 0 fully saturated rings. The fourth-order valence-electron chi connectivity index (χ4n) is 3.23. The third-order valence-corrected chi connectivity index (χ3v) is 5.28. The first-order valence-electron chi connectivity index (χ1n) is 9.24. The lowest BCUT2D eigenvalue weighted by atomic mass is 9.94. The second-order valence-electron chi connectivity index (χ2n) is 7.08. The molecule has 0 heterocycles. The molecule has 0 aliphatic heterocycles. The maximum atomic E-state index is 13.0. The number of carbonyl (C=O) groups excluding carboxylic acids is 1. The van der Waals surface area contributed by atoms with Gasteiger partial charge in [-0.2, -0.15) is 0 Å². The van der Waals surface area contributed by atoms with Gasteiger partial charge in [0.05, 0.1) is 18.0 Å². The van der Waals surface area contributed by atoms with E-state index in [2.05, 4.69) is 10.0 Å². The van der Waals surface area contributed by atoms with Gasteiger partial charge >= 0.3 is 0 Å². The molecule has 3 aromatic rings. The van der Waals surface area contributed by atoms with E-state index in [1.54, 1.807) is 25.1 Å². The molecule has 0 bridgehead atoms. The lowest BCUT2D eigenvalue weighted by Crippen LogP contribution is -2.30. The number of hydrogen-bond acceptors (Lipinski definition) is 3. The number of hydrogen-bond donors (Lipinski definition) is 2. The summed E-state index contributed by atoms with van der Waals surface area (Å²) in [5.41, 5.74) is 4.71. The van der Waals surface area contributed by atoms with Crippen LogP contribution < -0.4 is 10.0 Å². The molecule has 1 amide bonds. The van der Waals surface area contributed by atoms with Gasteiger partial charge in [-0.05, 0) is 54.3 Å². The highest BCUT2D eigenvalue weighted by molar-refractivity contribution is 7.92. The van der Waals surface area contributed by atoms with Crippen LogP contribution in [0.4, 0.5) is 5.69 Å². The Hall–Kier alpha value is -3.12. The van der Waals surface area contributed by atoms with Gasteiger partial charge in [0.25, 0.3) is 5.91 Å². The zero-order valence-electron chi connectivity index (χ0n) is 16.6. The van der Waals surface area contributed by atoms with Crippen molar-refractivity contribution < 1.29 is 13.2 Å². The van der Waals surface area contributed by atoms with Crippen LogP contribution in [0.3, 0.4) is 0 Å². The van der Waals surface area contributed by atoms with Gasteiger partial charge in [0.15, 0.2) is 0 Å². The van der Waals surface area contributed by atoms with Crippen LogP contribution in [0.1, 0.15) is 38.7 Å². The summed E-state index contributed by atoms with van der Waals surface area (Å²) < 4.78 is 25.4. The van der Waals surface area contributed by atoms with Crippen LogP contribution in [0.5, 0.6) is 0 Å². The summed E-state index contributed by atoms with van der Waals surface area (Å²) in [5, 5.41) is 3.12. The van der Waals surface area contributed by atoms with Crippen molar-refractivity contribution in [1.82, 2.24) is 5.32 Å². The Bertz CT molecular complexity index is 1130. The Kier molecular flexibility index (Phi) is 6.03. The van der Waals surface area contributed by atoms with Crippen molar-refractivity contribution in [3.05, 3.63) is 101 Å². The quantitative estimate of drug-likeness (QED) is 0.642. The summed E-state index contributed by atoms with van der Waals surface area (Å²) in [6, 6.07) is 22.4. The monoisotopic (exact) mass is 408 g/mol. The van der Waals surface area contributed by atoms with E-state index in [0.717, 1.165) is 22.9 Å². The van der Waals surface area contributed by atoms with E-state index >= 15 is 0 Å². The molecule has 3 rings (SSSR count). The van der Waals surface area contributed by atoms with E-state index in [-0.39, 0.29) is 11.9 Å². The molecule has 29 heavy (non-hydrogen) atoms. The third-order valence-electron chi connectivity index (χ3n) is 4.69. The number of amides is 1. The molecule has 2 N–H and O–H groups in total. The minimum Gasteiger partial charge on any atom is -0.341 e. The van der Waals surface area contributed by atoms with Crippen molar-refractivity contribution in [2.45, 2.75) is 19.9 Å². The number of anilines is 1. The predicted octanol–water partition coefficient (Wildman–Crippen LogP) is 4.19. The second kappa shape index (κ2) is 8.49. The number of aryl methyl sites for hydroxylation is 2. The van der Waals surface area contributed by atoms with E-state index < -0.39 is 10.0 Å². The lowest BCUT2D eigenvalue weighted by Gasteiger charge is -2.22. The van der Waals surface area contributed by atoms with Gasteiger partial charge in [-0.3, -0.25) is 9.52 Å². The normalized spacial score (nSPS) is 12.2. The van der Waals surface area contributed by atoms with Crippen molar-refractivity contribution in [2.24, 2.45) is 0 Å². The van der Waals surface area contributed by atoms with Crippen molar-refractivity contribution in [2.75, 3.05) is 11.0 Å². The summed E-state index contributed by atoms with van der Waals surface area (Å²) in [5.74, 6) is -0.226. The van der Waals surface area contributed by atoms with Crippen LogP contribution in [0.15, 0.2) is 72.8 Å². The molecule has 6 heteroatoms. The van der Waals surface area contributed by atoms with Crippen molar-refractivity contribution >= 4 is 21.6 Å². The molecular formula is C23H24N2O3S. The molecule has 150 valence electrons. The highest BCUT2D eigenvalue weighted by Gasteiger charge is 2.19. The Morgan fingerprint density at radius 3 is 2.14 bits per heavy atom. The molecular weight excluding hydrogens is 384 g/mol. The molecule has 0 spiro atoms. The standard InChI is InChI=1S/C23H24N2O3S/c1-16-9-7-8-12-20(16)22(18-10-5-4-6-11-18)24-23(26)19-13-14-21(17(2)15-19)25-29(3,27)28/h4-15,22,25H,1-3H3,(H,24,26)/t22-/m1/s1. The molecule has 0 unspecified atom stereocenters. The molecule has 1 atom stereocenters. The highest BCUT2D eigenvalue weighted by atomic mass is 32.2. The number of benzene rings is 3. The van der Waals surface area contributed by atoms with Crippen molar-refractivity contribution in [1.29, 1.82) is 0 Å². The molecule has 3 aromatic carbocycles. The summed E-state index contributed by atoms with van der Waals surface area (Å²) in [7, 11) is -3.38. The molecule has 0 aliphatic rings. The highest BCUT2D eigenvalue weighted by Crippen LogP contribution is 2.26. The summed E-state index contributed by atoms with van der Waals surface area (Å²) >= 11 is 0. The van der Waals surface area contributed by atoms with Crippen LogP contribution in [-0.4, -0.2) is 20.6 Å². The minimum atomic E-state index is -3.38. The molecule has 0 radical (unpaired) electrons. The first-order chi connectivity index (χ1) is 13.7. The molecule has 5 nitrogen and oxygen atoms in total. The average molecular weight is 409 g/mol. The first kappa shape index (κ1) is 20.6. The van der Waals surface area contributed by atoms with E-state index in [9.17, 15) is 13.2 Å². The molecule has 0 saturated carbocycles.